The van der Waals surface area contributed by atoms with E-state index in [2.05, 4.69) is 30.8 Å². The Kier molecular flexibility index (Phi) is 3.39. The highest BCUT2D eigenvalue weighted by atomic mass is 79.9. The summed E-state index contributed by atoms with van der Waals surface area (Å²) in [4.78, 5) is 11.1. The van der Waals surface area contributed by atoms with Gasteiger partial charge in [-0.2, -0.15) is 4.98 Å². The van der Waals surface area contributed by atoms with E-state index < -0.39 is 0 Å². The summed E-state index contributed by atoms with van der Waals surface area (Å²) >= 11 is 3.38. The maximum absolute atomic E-state index is 5.80. The number of fused-ring (bicyclic) bond motifs is 1. The molecule has 0 bridgehead atoms. The lowest BCUT2D eigenvalue weighted by Crippen LogP contribution is -2.49. The average molecular weight is 314 g/mol. The van der Waals surface area contributed by atoms with E-state index in [1.807, 2.05) is 0 Å². The van der Waals surface area contributed by atoms with Crippen LogP contribution in [0, 0.1) is 0 Å². The summed E-state index contributed by atoms with van der Waals surface area (Å²) in [6.45, 7) is 1.61. The van der Waals surface area contributed by atoms with Crippen LogP contribution in [0.3, 0.4) is 0 Å². The van der Waals surface area contributed by atoms with E-state index in [0.29, 0.717) is 18.0 Å². The molecule has 2 unspecified atom stereocenters. The van der Waals surface area contributed by atoms with E-state index in [1.165, 1.54) is 6.42 Å². The van der Waals surface area contributed by atoms with Crippen LogP contribution in [-0.4, -0.2) is 42.4 Å². The maximum Gasteiger partial charge on any atom is 0.232 e. The first-order valence-electron chi connectivity index (χ1n) is 6.24. The van der Waals surface area contributed by atoms with Gasteiger partial charge in [0.05, 0.1) is 36.5 Å². The van der Waals surface area contributed by atoms with Crippen molar-refractivity contribution in [3.05, 3.63) is 10.7 Å². The molecule has 1 saturated carbocycles. The summed E-state index contributed by atoms with van der Waals surface area (Å²) in [5.74, 6) is 1.33. The van der Waals surface area contributed by atoms with Crippen molar-refractivity contribution in [2.24, 2.45) is 0 Å². The van der Waals surface area contributed by atoms with E-state index in [-0.39, 0.29) is 0 Å². The van der Waals surface area contributed by atoms with Gasteiger partial charge >= 0.3 is 0 Å². The lowest BCUT2D eigenvalue weighted by atomic mass is 10.1. The SMILES string of the molecule is COc1nc(N2CCOC3CCCC32)ncc1Br. The smallest absolute Gasteiger partial charge is 0.232 e. The Bertz CT molecular complexity index is 443. The molecule has 1 aliphatic heterocycles. The van der Waals surface area contributed by atoms with Gasteiger partial charge < -0.3 is 14.4 Å². The topological polar surface area (TPSA) is 47.5 Å². The minimum atomic E-state index is 0.344. The molecular weight excluding hydrogens is 298 g/mol. The number of methoxy groups -OCH3 is 1. The van der Waals surface area contributed by atoms with Crippen molar-refractivity contribution in [3.63, 3.8) is 0 Å². The van der Waals surface area contributed by atoms with E-state index in [1.54, 1.807) is 13.3 Å². The van der Waals surface area contributed by atoms with Crippen molar-refractivity contribution < 1.29 is 9.47 Å². The van der Waals surface area contributed by atoms with Crippen molar-refractivity contribution in [2.45, 2.75) is 31.4 Å². The number of rotatable bonds is 2. The third-order valence-electron chi connectivity index (χ3n) is 3.63. The highest BCUT2D eigenvalue weighted by molar-refractivity contribution is 9.10. The highest BCUT2D eigenvalue weighted by Crippen LogP contribution is 2.33. The summed E-state index contributed by atoms with van der Waals surface area (Å²) in [6.07, 6.45) is 5.62. The average Bonchev–Trinajstić information content (AvgIpc) is 2.87. The molecule has 1 aliphatic carbocycles. The molecule has 0 amide bonds. The summed E-state index contributed by atoms with van der Waals surface area (Å²) < 4.78 is 11.8. The number of halogens is 1. The Morgan fingerprint density at radius 2 is 2.39 bits per heavy atom. The van der Waals surface area contributed by atoms with Crippen LogP contribution in [0.1, 0.15) is 19.3 Å². The molecule has 2 aliphatic rings. The summed E-state index contributed by atoms with van der Waals surface area (Å²) in [7, 11) is 1.62. The molecule has 1 saturated heterocycles. The number of hydrogen-bond donors (Lipinski definition) is 0. The van der Waals surface area contributed by atoms with Crippen LogP contribution in [0.25, 0.3) is 0 Å². The fraction of sp³-hybridized carbons (Fsp3) is 0.667. The van der Waals surface area contributed by atoms with Crippen molar-refractivity contribution in [1.82, 2.24) is 9.97 Å². The summed E-state index contributed by atoms with van der Waals surface area (Å²) in [5.41, 5.74) is 0. The number of morpholine rings is 1. The Hall–Kier alpha value is -0.880. The number of nitrogens with zero attached hydrogens (tertiary/aromatic N) is 3. The molecule has 5 nitrogen and oxygen atoms in total. The van der Waals surface area contributed by atoms with Crippen LogP contribution in [-0.2, 0) is 4.74 Å². The standard InChI is InChI=1S/C12H16BrN3O2/c1-17-11-8(13)7-14-12(15-11)16-5-6-18-10-4-2-3-9(10)16/h7,9-10H,2-6H2,1H3. The molecule has 1 aromatic heterocycles. The number of aromatic nitrogens is 2. The Balaban J connectivity index is 1.89. The van der Waals surface area contributed by atoms with Gasteiger partial charge in [0.1, 0.15) is 0 Å². The zero-order valence-electron chi connectivity index (χ0n) is 10.3. The molecule has 0 aromatic carbocycles. The monoisotopic (exact) mass is 313 g/mol. The van der Waals surface area contributed by atoms with Crippen LogP contribution in [0.2, 0.25) is 0 Å². The molecule has 98 valence electrons. The van der Waals surface area contributed by atoms with Gasteiger partial charge in [-0.1, -0.05) is 0 Å². The van der Waals surface area contributed by atoms with E-state index in [0.717, 1.165) is 36.4 Å². The van der Waals surface area contributed by atoms with Gasteiger partial charge in [-0.15, -0.1) is 0 Å². The third-order valence-corrected chi connectivity index (χ3v) is 4.18. The molecular formula is C12H16BrN3O2. The Morgan fingerprint density at radius 1 is 1.50 bits per heavy atom. The van der Waals surface area contributed by atoms with Crippen LogP contribution in [0.4, 0.5) is 5.95 Å². The van der Waals surface area contributed by atoms with Gasteiger partial charge in [0.25, 0.3) is 0 Å². The Morgan fingerprint density at radius 3 is 3.22 bits per heavy atom. The number of anilines is 1. The second-order valence-corrected chi connectivity index (χ2v) is 5.48. The molecule has 18 heavy (non-hydrogen) atoms. The van der Waals surface area contributed by atoms with E-state index >= 15 is 0 Å². The van der Waals surface area contributed by atoms with Crippen molar-refractivity contribution in [1.29, 1.82) is 0 Å². The first kappa shape index (κ1) is 12.2. The zero-order chi connectivity index (χ0) is 12.5. The lowest BCUT2D eigenvalue weighted by Gasteiger charge is -2.37. The largest absolute Gasteiger partial charge is 0.480 e. The van der Waals surface area contributed by atoms with Crippen molar-refractivity contribution in [2.75, 3.05) is 25.2 Å². The molecule has 2 heterocycles. The fourth-order valence-corrected chi connectivity index (χ4v) is 3.15. The van der Waals surface area contributed by atoms with Crippen molar-refractivity contribution in [3.8, 4) is 5.88 Å². The second-order valence-electron chi connectivity index (χ2n) is 4.63. The van der Waals surface area contributed by atoms with Gasteiger partial charge in [0.15, 0.2) is 0 Å². The van der Waals surface area contributed by atoms with Crippen LogP contribution in [0.5, 0.6) is 5.88 Å². The minimum absolute atomic E-state index is 0.344. The first-order valence-corrected chi connectivity index (χ1v) is 7.03. The van der Waals surface area contributed by atoms with Crippen LogP contribution >= 0.6 is 15.9 Å². The third kappa shape index (κ3) is 2.07. The van der Waals surface area contributed by atoms with Gasteiger partial charge in [0, 0.05) is 6.54 Å². The summed E-state index contributed by atoms with van der Waals surface area (Å²) in [5, 5.41) is 0. The van der Waals surface area contributed by atoms with E-state index in [9.17, 15) is 0 Å². The van der Waals surface area contributed by atoms with Gasteiger partial charge in [-0.05, 0) is 35.2 Å². The number of hydrogen-bond acceptors (Lipinski definition) is 5. The summed E-state index contributed by atoms with van der Waals surface area (Å²) in [6, 6.07) is 0.421. The fourth-order valence-electron chi connectivity index (χ4n) is 2.80. The molecule has 0 radical (unpaired) electrons. The normalized spacial score (nSPS) is 27.1. The predicted octanol–water partition coefficient (Wildman–Crippen LogP) is 2.01. The molecule has 0 spiro atoms. The minimum Gasteiger partial charge on any atom is -0.480 e. The van der Waals surface area contributed by atoms with Gasteiger partial charge in [-0.3, -0.25) is 0 Å². The lowest BCUT2D eigenvalue weighted by molar-refractivity contribution is 0.0249. The number of ether oxygens (including phenoxy) is 2. The van der Waals surface area contributed by atoms with Crippen LogP contribution < -0.4 is 9.64 Å². The zero-order valence-corrected chi connectivity index (χ0v) is 11.9. The molecule has 3 rings (SSSR count). The highest BCUT2D eigenvalue weighted by Gasteiger charge is 2.37. The maximum atomic E-state index is 5.80. The molecule has 2 fully saturated rings. The molecule has 6 heteroatoms. The van der Waals surface area contributed by atoms with Crippen molar-refractivity contribution >= 4 is 21.9 Å². The molecule has 1 aromatic rings. The quantitative estimate of drug-likeness (QED) is 0.836. The molecule has 0 N–H and O–H groups in total. The van der Waals surface area contributed by atoms with E-state index in [4.69, 9.17) is 9.47 Å². The van der Waals surface area contributed by atoms with Gasteiger partial charge in [0.2, 0.25) is 11.8 Å². The first-order chi connectivity index (χ1) is 8.79. The van der Waals surface area contributed by atoms with Gasteiger partial charge in [-0.25, -0.2) is 4.98 Å². The predicted molar refractivity (Wildman–Crippen MR) is 71.0 cm³/mol. The second kappa shape index (κ2) is 5.01. The van der Waals surface area contributed by atoms with Crippen LogP contribution in [0.15, 0.2) is 10.7 Å². The Labute approximate surface area is 115 Å². The molecule has 2 atom stereocenters.